The average molecular weight is 387 g/mol. The maximum absolute atomic E-state index is 12.3. The molecule has 1 saturated carbocycles. The normalized spacial score (nSPS) is 21.4. The summed E-state index contributed by atoms with van der Waals surface area (Å²) in [6, 6.07) is 5.53. The van der Waals surface area contributed by atoms with Crippen LogP contribution >= 0.6 is 0 Å². The molecule has 2 N–H and O–H groups in total. The Balaban J connectivity index is 1.73. The Hall–Kier alpha value is -2.10. The van der Waals surface area contributed by atoms with Crippen molar-refractivity contribution < 1.29 is 9.29 Å². The summed E-state index contributed by atoms with van der Waals surface area (Å²) in [5.41, 5.74) is 6.57. The van der Waals surface area contributed by atoms with Crippen LogP contribution in [-0.2, 0) is 15.7 Å². The lowest BCUT2D eigenvalue weighted by Crippen LogP contribution is -2.44. The lowest BCUT2D eigenvalue weighted by atomic mass is 10.2. The highest BCUT2D eigenvalue weighted by molar-refractivity contribution is 7.81. The van der Waals surface area contributed by atoms with Gasteiger partial charge in [0.1, 0.15) is 11.6 Å². The molecule has 4 rings (SSSR count). The Bertz CT molecular complexity index is 857. The molecule has 0 bridgehead atoms. The molecule has 2 fully saturated rings. The van der Waals surface area contributed by atoms with Gasteiger partial charge in [-0.3, -0.25) is 0 Å². The Kier molecular flexibility index (Phi) is 5.33. The summed E-state index contributed by atoms with van der Waals surface area (Å²) < 4.78 is 22.2. The van der Waals surface area contributed by atoms with Gasteiger partial charge >= 0.3 is 0 Å². The standard InChI is InChI=1S/C18H23N6O2S/c1-12-10-26-7-6-24(12)17-9-16(23-27(25)11-13-2-3-13)21-18(22-17)14-4-5-20-15(19)8-14/h4-5,8-9,12-13H,2-3,6-7,10-11H2,1H3,(H2-,19,20,21,22,23,25)/q-1/t12-,27+/m1/s1. The number of nitrogens with zero attached hydrogens (tertiary/aromatic N) is 5. The Morgan fingerprint density at radius 1 is 1.37 bits per heavy atom. The number of ether oxygens (including phenoxy) is 1. The third-order valence-electron chi connectivity index (χ3n) is 4.67. The van der Waals surface area contributed by atoms with Gasteiger partial charge in [0.25, 0.3) is 0 Å². The lowest BCUT2D eigenvalue weighted by molar-refractivity contribution is 0.0985. The number of pyridine rings is 1. The van der Waals surface area contributed by atoms with Gasteiger partial charge in [0.2, 0.25) is 0 Å². The van der Waals surface area contributed by atoms with E-state index < -0.39 is 11.0 Å². The molecule has 1 aliphatic carbocycles. The van der Waals surface area contributed by atoms with E-state index in [1.807, 2.05) is 6.07 Å². The summed E-state index contributed by atoms with van der Waals surface area (Å²) >= 11 is 0. The highest BCUT2D eigenvalue weighted by Gasteiger charge is 2.22. The monoisotopic (exact) mass is 387 g/mol. The molecule has 144 valence electrons. The predicted octanol–water partition coefficient (Wildman–Crippen LogP) is 2.32. The van der Waals surface area contributed by atoms with E-state index >= 15 is 0 Å². The summed E-state index contributed by atoms with van der Waals surface area (Å²) in [6.45, 7) is 4.11. The zero-order valence-corrected chi connectivity index (χ0v) is 16.1. The lowest BCUT2D eigenvalue weighted by Gasteiger charge is -2.34. The second-order valence-electron chi connectivity index (χ2n) is 7.02. The van der Waals surface area contributed by atoms with Crippen LogP contribution in [0.5, 0.6) is 0 Å². The molecule has 2 atom stereocenters. The average Bonchev–Trinajstić information content (AvgIpc) is 3.45. The Morgan fingerprint density at radius 2 is 2.22 bits per heavy atom. The zero-order valence-electron chi connectivity index (χ0n) is 15.2. The van der Waals surface area contributed by atoms with Crippen LogP contribution in [0.4, 0.5) is 17.5 Å². The van der Waals surface area contributed by atoms with Gasteiger partial charge in [-0.2, -0.15) is 11.0 Å². The van der Waals surface area contributed by atoms with Crippen LogP contribution in [0, 0.1) is 5.92 Å². The van der Waals surface area contributed by atoms with Crippen LogP contribution in [0.3, 0.4) is 0 Å². The molecule has 2 aliphatic rings. The molecule has 3 heterocycles. The van der Waals surface area contributed by atoms with Gasteiger partial charge in [-0.05, 0) is 43.6 Å². The minimum Gasteiger partial charge on any atom is -0.788 e. The number of aromatic nitrogens is 3. The summed E-state index contributed by atoms with van der Waals surface area (Å²) in [4.78, 5) is 15.4. The van der Waals surface area contributed by atoms with E-state index in [0.29, 0.717) is 42.3 Å². The smallest absolute Gasteiger partial charge is 0.164 e. The van der Waals surface area contributed by atoms with Gasteiger partial charge < -0.3 is 19.9 Å². The van der Waals surface area contributed by atoms with Crippen LogP contribution in [0.1, 0.15) is 19.8 Å². The molecular weight excluding hydrogens is 364 g/mol. The molecule has 0 aromatic carbocycles. The van der Waals surface area contributed by atoms with Gasteiger partial charge in [0, 0.05) is 24.4 Å². The number of morpholine rings is 1. The Morgan fingerprint density at radius 3 is 2.96 bits per heavy atom. The minimum absolute atomic E-state index is 0.189. The molecule has 1 aliphatic heterocycles. The molecule has 2 aromatic rings. The fourth-order valence-corrected chi connectivity index (χ4v) is 4.14. The topological polar surface area (TPSA) is 113 Å². The number of hydrogen-bond donors (Lipinski definition) is 1. The van der Waals surface area contributed by atoms with E-state index in [0.717, 1.165) is 30.8 Å². The third kappa shape index (κ3) is 4.60. The van der Waals surface area contributed by atoms with Crippen molar-refractivity contribution in [3.63, 3.8) is 0 Å². The van der Waals surface area contributed by atoms with Gasteiger partial charge in [-0.15, -0.1) is 0 Å². The van der Waals surface area contributed by atoms with E-state index in [2.05, 4.69) is 26.2 Å². The van der Waals surface area contributed by atoms with Crippen molar-refractivity contribution in [2.24, 2.45) is 10.3 Å². The van der Waals surface area contributed by atoms with E-state index in [1.165, 1.54) is 0 Å². The van der Waals surface area contributed by atoms with Gasteiger partial charge in [-0.1, -0.05) is 0 Å². The fourth-order valence-electron chi connectivity index (χ4n) is 3.03. The number of rotatable bonds is 5. The summed E-state index contributed by atoms with van der Waals surface area (Å²) in [6.07, 6.45) is 3.91. The molecule has 2 aromatic heterocycles. The highest BCUT2D eigenvalue weighted by Crippen LogP contribution is 2.31. The fraction of sp³-hybridized carbons (Fsp3) is 0.500. The maximum atomic E-state index is 12.3. The van der Waals surface area contributed by atoms with Crippen LogP contribution in [-0.4, -0.2) is 51.1 Å². The molecule has 0 amide bonds. The maximum Gasteiger partial charge on any atom is 0.164 e. The van der Waals surface area contributed by atoms with E-state index in [-0.39, 0.29) is 6.04 Å². The molecule has 27 heavy (non-hydrogen) atoms. The van der Waals surface area contributed by atoms with E-state index in [1.54, 1.807) is 18.3 Å². The van der Waals surface area contributed by atoms with Crippen molar-refractivity contribution in [1.82, 2.24) is 15.0 Å². The van der Waals surface area contributed by atoms with Crippen molar-refractivity contribution in [2.45, 2.75) is 25.8 Å². The molecule has 0 spiro atoms. The van der Waals surface area contributed by atoms with Gasteiger partial charge in [-0.25, -0.2) is 19.3 Å². The van der Waals surface area contributed by atoms with Gasteiger partial charge in [0.15, 0.2) is 11.6 Å². The van der Waals surface area contributed by atoms with E-state index in [4.69, 9.17) is 15.5 Å². The first-order chi connectivity index (χ1) is 13.1. The second kappa shape index (κ2) is 7.87. The largest absolute Gasteiger partial charge is 0.788 e. The van der Waals surface area contributed by atoms with Crippen molar-refractivity contribution in [1.29, 1.82) is 0 Å². The van der Waals surface area contributed by atoms with Crippen molar-refractivity contribution in [2.75, 3.05) is 36.1 Å². The number of nitrogen functional groups attached to an aromatic ring is 1. The van der Waals surface area contributed by atoms with Crippen molar-refractivity contribution >= 4 is 28.4 Å². The first-order valence-corrected chi connectivity index (χ1v) is 10.4. The molecule has 8 nitrogen and oxygen atoms in total. The summed E-state index contributed by atoms with van der Waals surface area (Å²) in [5.74, 6) is 3.23. The molecular formula is C18H23N6O2S-. The van der Waals surface area contributed by atoms with Crippen LogP contribution in [0.25, 0.3) is 11.4 Å². The van der Waals surface area contributed by atoms with Crippen LogP contribution in [0.2, 0.25) is 0 Å². The molecule has 0 unspecified atom stereocenters. The van der Waals surface area contributed by atoms with Crippen molar-refractivity contribution in [3.8, 4) is 11.4 Å². The van der Waals surface area contributed by atoms with Crippen molar-refractivity contribution in [3.05, 3.63) is 24.4 Å². The summed E-state index contributed by atoms with van der Waals surface area (Å²) in [5, 5.41) is 0. The summed E-state index contributed by atoms with van der Waals surface area (Å²) in [7, 11) is -1.28. The number of hydrogen-bond acceptors (Lipinski definition) is 8. The van der Waals surface area contributed by atoms with E-state index in [9.17, 15) is 4.55 Å². The second-order valence-corrected chi connectivity index (χ2v) is 8.18. The Labute approximate surface area is 161 Å². The van der Waals surface area contributed by atoms with Gasteiger partial charge in [0.05, 0.1) is 19.3 Å². The first-order valence-electron chi connectivity index (χ1n) is 9.14. The molecule has 9 heteroatoms. The molecule has 1 saturated heterocycles. The number of nitrogens with two attached hydrogens (primary N) is 1. The van der Waals surface area contributed by atoms with Crippen LogP contribution < -0.4 is 10.6 Å². The number of anilines is 2. The van der Waals surface area contributed by atoms with Crippen LogP contribution in [0.15, 0.2) is 28.8 Å². The zero-order chi connectivity index (χ0) is 18.8. The SMILES string of the molecule is C[C@@H]1COCCN1c1cc(/N=[S@@](\[O-])CC2CC2)nc(-c2ccnc(N)c2)n1. The third-order valence-corrected chi connectivity index (χ3v) is 5.82. The quantitative estimate of drug-likeness (QED) is 0.837. The predicted molar refractivity (Wildman–Crippen MR) is 105 cm³/mol. The highest BCUT2D eigenvalue weighted by atomic mass is 32.2. The minimum atomic E-state index is -1.28. The first kappa shape index (κ1) is 18.3. The molecule has 0 radical (unpaired) electrons.